The Balaban J connectivity index is 2.50. The van der Waals surface area contributed by atoms with E-state index in [1.54, 1.807) is 11.8 Å². The number of carbonyl (C=O) groups is 1. The summed E-state index contributed by atoms with van der Waals surface area (Å²) < 4.78 is 5.40. The van der Waals surface area contributed by atoms with Gasteiger partial charge in [0.05, 0.1) is 5.60 Å². The van der Waals surface area contributed by atoms with Crippen LogP contribution in [0.1, 0.15) is 20.8 Å². The van der Waals surface area contributed by atoms with Gasteiger partial charge in [0.1, 0.15) is 6.61 Å². The molecule has 0 aliphatic carbocycles. The molecule has 0 heterocycles. The fourth-order valence-electron chi connectivity index (χ4n) is 1.18. The van der Waals surface area contributed by atoms with Gasteiger partial charge < -0.3 is 10.1 Å². The van der Waals surface area contributed by atoms with Gasteiger partial charge >= 0.3 is 0 Å². The van der Waals surface area contributed by atoms with E-state index in [9.17, 15) is 4.79 Å². The number of anilines is 1. The third-order valence-corrected chi connectivity index (χ3v) is 2.72. The van der Waals surface area contributed by atoms with Crippen LogP contribution in [0.3, 0.4) is 0 Å². The zero-order chi connectivity index (χ0) is 12.9. The average Bonchev–Trinajstić information content (AvgIpc) is 2.26. The normalized spacial score (nSPS) is 11.3. The van der Waals surface area contributed by atoms with E-state index in [1.165, 1.54) is 0 Å². The van der Waals surface area contributed by atoms with Crippen LogP contribution in [0.15, 0.2) is 29.2 Å². The van der Waals surface area contributed by atoms with Crippen LogP contribution in [0.4, 0.5) is 5.69 Å². The van der Waals surface area contributed by atoms with Crippen molar-refractivity contribution >= 4 is 23.4 Å². The van der Waals surface area contributed by atoms with E-state index in [0.29, 0.717) is 0 Å². The summed E-state index contributed by atoms with van der Waals surface area (Å²) in [5, 5.41) is 2.81. The maximum atomic E-state index is 11.6. The highest BCUT2D eigenvalue weighted by molar-refractivity contribution is 7.98. The summed E-state index contributed by atoms with van der Waals surface area (Å²) in [5.41, 5.74) is 0.512. The van der Waals surface area contributed by atoms with Crippen LogP contribution in [0.2, 0.25) is 0 Å². The van der Waals surface area contributed by atoms with Gasteiger partial charge in [0, 0.05) is 10.6 Å². The maximum Gasteiger partial charge on any atom is 0.250 e. The van der Waals surface area contributed by atoms with Crippen LogP contribution in [0.5, 0.6) is 0 Å². The minimum Gasteiger partial charge on any atom is -0.366 e. The fourth-order valence-corrected chi connectivity index (χ4v) is 1.64. The van der Waals surface area contributed by atoms with E-state index in [1.807, 2.05) is 51.3 Å². The summed E-state index contributed by atoms with van der Waals surface area (Å²) >= 11 is 1.65. The third-order valence-electron chi connectivity index (χ3n) is 1.99. The van der Waals surface area contributed by atoms with Gasteiger partial charge in [0.2, 0.25) is 5.91 Å². The number of benzene rings is 1. The van der Waals surface area contributed by atoms with Crippen molar-refractivity contribution in [1.82, 2.24) is 0 Å². The highest BCUT2D eigenvalue weighted by atomic mass is 32.2. The Morgan fingerprint density at radius 1 is 1.41 bits per heavy atom. The number of hydrogen-bond acceptors (Lipinski definition) is 3. The van der Waals surface area contributed by atoms with E-state index >= 15 is 0 Å². The molecule has 3 nitrogen and oxygen atoms in total. The second-order valence-corrected chi connectivity index (χ2v) is 5.56. The number of ether oxygens (including phenoxy) is 1. The van der Waals surface area contributed by atoms with Crippen LogP contribution in [0, 0.1) is 0 Å². The molecule has 1 rings (SSSR count). The molecule has 0 fully saturated rings. The maximum absolute atomic E-state index is 11.6. The van der Waals surface area contributed by atoms with Crippen molar-refractivity contribution < 1.29 is 9.53 Å². The monoisotopic (exact) mass is 253 g/mol. The molecule has 0 unspecified atom stereocenters. The van der Waals surface area contributed by atoms with Crippen molar-refractivity contribution in [3.05, 3.63) is 24.3 Å². The molecule has 1 aromatic rings. The molecule has 1 aromatic carbocycles. The Morgan fingerprint density at radius 3 is 2.71 bits per heavy atom. The molecule has 0 aliphatic rings. The van der Waals surface area contributed by atoms with Crippen LogP contribution in [-0.2, 0) is 9.53 Å². The zero-order valence-corrected chi connectivity index (χ0v) is 11.6. The smallest absolute Gasteiger partial charge is 0.250 e. The Hall–Kier alpha value is -1.00. The summed E-state index contributed by atoms with van der Waals surface area (Å²) in [6, 6.07) is 7.74. The van der Waals surface area contributed by atoms with Gasteiger partial charge in [-0.25, -0.2) is 0 Å². The molecule has 1 amide bonds. The van der Waals surface area contributed by atoms with Gasteiger partial charge in [-0.15, -0.1) is 11.8 Å². The van der Waals surface area contributed by atoms with Gasteiger partial charge in [0.25, 0.3) is 0 Å². The number of thioether (sulfide) groups is 1. The highest BCUT2D eigenvalue weighted by Crippen LogP contribution is 2.18. The first-order valence-corrected chi connectivity index (χ1v) is 6.71. The van der Waals surface area contributed by atoms with Gasteiger partial charge in [-0.05, 0) is 45.2 Å². The summed E-state index contributed by atoms with van der Waals surface area (Å²) in [6.45, 7) is 5.85. The molecule has 0 bridgehead atoms. The van der Waals surface area contributed by atoms with E-state index in [-0.39, 0.29) is 18.1 Å². The molecule has 0 saturated heterocycles. The molecule has 94 valence electrons. The topological polar surface area (TPSA) is 38.3 Å². The molecule has 0 saturated carbocycles. The van der Waals surface area contributed by atoms with Crippen LogP contribution < -0.4 is 5.32 Å². The molecule has 4 heteroatoms. The van der Waals surface area contributed by atoms with Crippen molar-refractivity contribution in [1.29, 1.82) is 0 Å². The summed E-state index contributed by atoms with van der Waals surface area (Å²) in [6.07, 6.45) is 2.00. The minimum absolute atomic E-state index is 0.0764. The van der Waals surface area contributed by atoms with Crippen molar-refractivity contribution in [3.63, 3.8) is 0 Å². The van der Waals surface area contributed by atoms with Crippen molar-refractivity contribution in [3.8, 4) is 0 Å². The lowest BCUT2D eigenvalue weighted by Crippen LogP contribution is -2.27. The van der Waals surface area contributed by atoms with Crippen LogP contribution in [0.25, 0.3) is 0 Å². The lowest BCUT2D eigenvalue weighted by Gasteiger charge is -2.19. The Kier molecular flexibility index (Phi) is 5.02. The standard InChI is InChI=1S/C13H19NO2S/c1-13(2,3)16-9-12(15)14-10-6-5-7-11(8-10)17-4/h5-8H,9H2,1-4H3,(H,14,15). The lowest BCUT2D eigenvalue weighted by molar-refractivity contribution is -0.125. The molecule has 0 radical (unpaired) electrons. The summed E-state index contributed by atoms with van der Waals surface area (Å²) in [5.74, 6) is -0.127. The number of amides is 1. The number of rotatable bonds is 4. The van der Waals surface area contributed by atoms with Gasteiger partial charge in [-0.2, -0.15) is 0 Å². The van der Waals surface area contributed by atoms with Crippen molar-refractivity contribution in [2.75, 3.05) is 18.2 Å². The molecular formula is C13H19NO2S. The number of carbonyl (C=O) groups excluding carboxylic acids is 1. The summed E-state index contributed by atoms with van der Waals surface area (Å²) in [4.78, 5) is 12.7. The third kappa shape index (κ3) is 5.75. The van der Waals surface area contributed by atoms with Crippen LogP contribution in [-0.4, -0.2) is 24.4 Å². The Labute approximate surface area is 107 Å². The van der Waals surface area contributed by atoms with Gasteiger partial charge in [-0.1, -0.05) is 6.07 Å². The molecule has 0 aromatic heterocycles. The predicted octanol–water partition coefficient (Wildman–Crippen LogP) is 3.16. The Morgan fingerprint density at radius 2 is 2.12 bits per heavy atom. The Bertz CT molecular complexity index is 385. The van der Waals surface area contributed by atoms with E-state index in [0.717, 1.165) is 10.6 Å². The molecular weight excluding hydrogens is 234 g/mol. The average molecular weight is 253 g/mol. The largest absolute Gasteiger partial charge is 0.366 e. The molecule has 17 heavy (non-hydrogen) atoms. The van der Waals surface area contributed by atoms with E-state index in [4.69, 9.17) is 4.74 Å². The molecule has 0 spiro atoms. The lowest BCUT2D eigenvalue weighted by atomic mass is 10.2. The second kappa shape index (κ2) is 6.07. The zero-order valence-electron chi connectivity index (χ0n) is 10.7. The van der Waals surface area contributed by atoms with Crippen molar-refractivity contribution in [2.45, 2.75) is 31.3 Å². The molecule has 1 N–H and O–H groups in total. The molecule has 0 aliphatic heterocycles. The van der Waals surface area contributed by atoms with Crippen LogP contribution >= 0.6 is 11.8 Å². The first-order chi connectivity index (χ1) is 7.90. The highest BCUT2D eigenvalue weighted by Gasteiger charge is 2.12. The number of nitrogens with one attached hydrogen (secondary N) is 1. The first kappa shape index (κ1) is 14.1. The fraction of sp³-hybridized carbons (Fsp3) is 0.462. The predicted molar refractivity (Wildman–Crippen MR) is 72.6 cm³/mol. The summed E-state index contributed by atoms with van der Waals surface area (Å²) in [7, 11) is 0. The second-order valence-electron chi connectivity index (χ2n) is 4.68. The van der Waals surface area contributed by atoms with Gasteiger partial charge in [0.15, 0.2) is 0 Å². The number of hydrogen-bond donors (Lipinski definition) is 1. The minimum atomic E-state index is -0.293. The van der Waals surface area contributed by atoms with E-state index < -0.39 is 0 Å². The molecule has 0 atom stereocenters. The van der Waals surface area contributed by atoms with Gasteiger partial charge in [-0.3, -0.25) is 4.79 Å². The first-order valence-electron chi connectivity index (χ1n) is 5.48. The van der Waals surface area contributed by atoms with Crippen molar-refractivity contribution in [2.24, 2.45) is 0 Å². The quantitative estimate of drug-likeness (QED) is 0.838. The SMILES string of the molecule is CSc1cccc(NC(=O)COC(C)(C)C)c1. The van der Waals surface area contributed by atoms with E-state index in [2.05, 4.69) is 5.32 Å².